The minimum absolute atomic E-state index is 0.0911. The summed E-state index contributed by atoms with van der Waals surface area (Å²) in [4.78, 5) is 28.1. The van der Waals surface area contributed by atoms with Crippen molar-refractivity contribution >= 4 is 23.6 Å². The molecule has 4 aliphatic rings. The number of carbonyl (C=O) groups is 2. The predicted octanol–water partition coefficient (Wildman–Crippen LogP) is 2.73. The van der Waals surface area contributed by atoms with Crippen LogP contribution in [0.5, 0.6) is 0 Å². The van der Waals surface area contributed by atoms with Gasteiger partial charge in [-0.05, 0) is 63.7 Å². The van der Waals surface area contributed by atoms with Crippen molar-refractivity contribution in [1.29, 1.82) is 0 Å². The number of hydrogen-bond donors (Lipinski definition) is 3. The van der Waals surface area contributed by atoms with Gasteiger partial charge < -0.3 is 15.5 Å². The molecule has 3 N–H and O–H groups in total. The Labute approximate surface area is 198 Å². The van der Waals surface area contributed by atoms with Crippen LogP contribution in [0.25, 0.3) is 0 Å². The monoisotopic (exact) mass is 490 g/mol. The van der Waals surface area contributed by atoms with E-state index < -0.39 is 28.7 Å². The second-order valence-corrected chi connectivity index (χ2v) is 12.2. The Morgan fingerprint density at radius 1 is 1.15 bits per heavy atom. The smallest absolute Gasteiger partial charge is 0.352 e. The molecule has 4 fully saturated rings. The highest BCUT2D eigenvalue weighted by Gasteiger charge is 2.53. The molecule has 0 aromatic rings. The molecule has 0 bridgehead atoms. The van der Waals surface area contributed by atoms with Gasteiger partial charge in [0.15, 0.2) is 0 Å². The minimum atomic E-state index is -4.47. The summed E-state index contributed by atoms with van der Waals surface area (Å²) in [5.74, 6) is 0.451. The number of carbonyl (C=O) groups excluding carboxylic acids is 2. The third-order valence-corrected chi connectivity index (χ3v) is 9.71. The number of piperidine rings is 2. The lowest BCUT2D eigenvalue weighted by molar-refractivity contribution is -0.159. The Morgan fingerprint density at radius 3 is 2.58 bits per heavy atom. The summed E-state index contributed by atoms with van der Waals surface area (Å²) in [5, 5.41) is 7.34. The van der Waals surface area contributed by atoms with Crippen LogP contribution in [-0.2, 0) is 9.59 Å². The van der Waals surface area contributed by atoms with Gasteiger partial charge in [-0.15, -0.1) is 11.8 Å². The van der Waals surface area contributed by atoms with E-state index in [9.17, 15) is 22.8 Å². The van der Waals surface area contributed by atoms with Crippen LogP contribution in [0.2, 0.25) is 0 Å². The molecule has 3 saturated heterocycles. The second-order valence-electron chi connectivity index (χ2n) is 10.7. The number of nitrogens with zero attached hydrogens (tertiary/aromatic N) is 1. The molecule has 10 heteroatoms. The van der Waals surface area contributed by atoms with Gasteiger partial charge in [-0.2, -0.15) is 13.2 Å². The molecule has 10 atom stereocenters. The number of likely N-dealkylation sites (tertiary alicyclic amines) is 1. The molecular weight excluding hydrogens is 453 g/mol. The average Bonchev–Trinajstić information content (AvgIpc) is 3.15. The molecule has 2 amide bonds. The lowest BCUT2D eigenvalue weighted by Crippen LogP contribution is -2.60. The number of halogens is 3. The molecule has 3 heterocycles. The Bertz CT molecular complexity index is 754. The van der Waals surface area contributed by atoms with E-state index in [1.807, 2.05) is 11.9 Å². The van der Waals surface area contributed by atoms with Crippen LogP contribution in [-0.4, -0.2) is 71.3 Å². The van der Waals surface area contributed by atoms with Gasteiger partial charge in [0.25, 0.3) is 0 Å². The van der Waals surface area contributed by atoms with E-state index >= 15 is 0 Å². The number of nitrogens with one attached hydrogen (secondary N) is 3. The first-order valence-corrected chi connectivity index (χ1v) is 13.2. The normalized spacial score (nSPS) is 44.5. The number of fused-ring (bicyclic) bond motifs is 1. The van der Waals surface area contributed by atoms with Gasteiger partial charge in [0, 0.05) is 37.6 Å². The minimum Gasteiger partial charge on any atom is -0.352 e. The van der Waals surface area contributed by atoms with E-state index in [0.717, 1.165) is 44.0 Å². The molecule has 1 aliphatic carbocycles. The predicted molar refractivity (Wildman–Crippen MR) is 122 cm³/mol. The topological polar surface area (TPSA) is 73.5 Å². The van der Waals surface area contributed by atoms with E-state index in [1.165, 1.54) is 0 Å². The van der Waals surface area contributed by atoms with Gasteiger partial charge >= 0.3 is 6.18 Å². The highest BCUT2D eigenvalue weighted by atomic mass is 32.2. The lowest BCUT2D eigenvalue weighted by Gasteiger charge is -2.50. The highest BCUT2D eigenvalue weighted by Crippen LogP contribution is 2.43. The van der Waals surface area contributed by atoms with Crippen molar-refractivity contribution in [3.05, 3.63) is 0 Å². The molecular formula is C23H37F3N4O2S. The van der Waals surface area contributed by atoms with E-state index in [1.54, 1.807) is 6.92 Å². The summed E-state index contributed by atoms with van der Waals surface area (Å²) in [6.45, 7) is 6.87. The molecule has 0 radical (unpaired) electrons. The van der Waals surface area contributed by atoms with Gasteiger partial charge in [0.05, 0.1) is 5.37 Å². The van der Waals surface area contributed by atoms with Crippen LogP contribution in [0, 0.1) is 23.7 Å². The Balaban J connectivity index is 1.42. The zero-order chi connectivity index (χ0) is 24.1. The maximum Gasteiger partial charge on any atom is 0.405 e. The van der Waals surface area contributed by atoms with Crippen molar-refractivity contribution < 1.29 is 22.8 Å². The standard InChI is InChI=1S/C23H37F3N4O2S/c1-11-5-6-15(29-21(31)19-20(23(24,25)26)28-13(3)33-19)9-16(11)17-8-14-10-27-12(2)7-18(14)30(4)22(17)32/h11-20,27-28H,5-10H2,1-4H3,(H,29,31). The SMILES string of the molecule is CC1CC2C(CN1)CC(C1CC(NC(=O)C3SC(C)NC3C(F)(F)F)CCC1C)C(=O)N2C. The quantitative estimate of drug-likeness (QED) is 0.568. The summed E-state index contributed by atoms with van der Waals surface area (Å²) < 4.78 is 40.2. The first-order chi connectivity index (χ1) is 15.5. The van der Waals surface area contributed by atoms with Crippen molar-refractivity contribution in [1.82, 2.24) is 20.9 Å². The van der Waals surface area contributed by atoms with Crippen molar-refractivity contribution in [2.75, 3.05) is 13.6 Å². The summed E-state index contributed by atoms with van der Waals surface area (Å²) in [6, 6.07) is -1.35. The molecule has 6 nitrogen and oxygen atoms in total. The van der Waals surface area contributed by atoms with E-state index in [4.69, 9.17) is 0 Å². The van der Waals surface area contributed by atoms with Gasteiger partial charge in [-0.3, -0.25) is 14.9 Å². The largest absolute Gasteiger partial charge is 0.405 e. The van der Waals surface area contributed by atoms with Crippen molar-refractivity contribution in [3.8, 4) is 0 Å². The molecule has 0 spiro atoms. The fourth-order valence-corrected chi connectivity index (χ4v) is 7.79. The zero-order valence-electron chi connectivity index (χ0n) is 19.8. The van der Waals surface area contributed by atoms with Crippen molar-refractivity contribution in [2.24, 2.45) is 23.7 Å². The van der Waals surface area contributed by atoms with Crippen LogP contribution in [0.1, 0.15) is 52.9 Å². The molecule has 0 aromatic heterocycles. The Kier molecular flexibility index (Phi) is 7.28. The van der Waals surface area contributed by atoms with Gasteiger partial charge in [0.2, 0.25) is 11.8 Å². The fourth-order valence-electron chi connectivity index (χ4n) is 6.54. The number of hydrogen-bond acceptors (Lipinski definition) is 5. The van der Waals surface area contributed by atoms with Crippen LogP contribution < -0.4 is 16.0 Å². The summed E-state index contributed by atoms with van der Waals surface area (Å²) in [5.41, 5.74) is 0. The van der Waals surface area contributed by atoms with Crippen LogP contribution in [0.3, 0.4) is 0 Å². The first-order valence-electron chi connectivity index (χ1n) is 12.2. The Morgan fingerprint density at radius 2 is 1.88 bits per heavy atom. The lowest BCUT2D eigenvalue weighted by atomic mass is 9.65. The number of amides is 2. The van der Waals surface area contributed by atoms with E-state index in [2.05, 4.69) is 29.8 Å². The molecule has 3 aliphatic heterocycles. The van der Waals surface area contributed by atoms with Crippen LogP contribution in [0.15, 0.2) is 0 Å². The second kappa shape index (κ2) is 9.57. The molecule has 0 aromatic carbocycles. The fraction of sp³-hybridized carbons (Fsp3) is 0.913. The van der Waals surface area contributed by atoms with Gasteiger partial charge in [0.1, 0.15) is 11.3 Å². The maximum absolute atomic E-state index is 13.4. The number of rotatable bonds is 3. The third kappa shape index (κ3) is 5.17. The molecule has 4 rings (SSSR count). The number of thioether (sulfide) groups is 1. The van der Waals surface area contributed by atoms with Gasteiger partial charge in [-0.25, -0.2) is 0 Å². The summed E-state index contributed by atoms with van der Waals surface area (Å²) >= 11 is 1.03. The molecule has 10 unspecified atom stereocenters. The van der Waals surface area contributed by atoms with Crippen molar-refractivity contribution in [3.63, 3.8) is 0 Å². The van der Waals surface area contributed by atoms with Crippen LogP contribution >= 0.6 is 11.8 Å². The van der Waals surface area contributed by atoms with E-state index in [0.29, 0.717) is 24.3 Å². The van der Waals surface area contributed by atoms with Crippen LogP contribution in [0.4, 0.5) is 13.2 Å². The average molecular weight is 491 g/mol. The maximum atomic E-state index is 13.4. The zero-order valence-corrected chi connectivity index (χ0v) is 20.6. The Hall–Kier alpha value is -1.00. The van der Waals surface area contributed by atoms with Gasteiger partial charge in [-0.1, -0.05) is 6.92 Å². The highest BCUT2D eigenvalue weighted by molar-refractivity contribution is 8.01. The van der Waals surface area contributed by atoms with E-state index in [-0.39, 0.29) is 29.8 Å². The summed E-state index contributed by atoms with van der Waals surface area (Å²) in [7, 11) is 1.92. The summed E-state index contributed by atoms with van der Waals surface area (Å²) in [6.07, 6.45) is -0.409. The third-order valence-electron chi connectivity index (χ3n) is 8.39. The molecule has 188 valence electrons. The molecule has 33 heavy (non-hydrogen) atoms. The number of alkyl halides is 3. The first kappa shape index (κ1) is 25.1. The van der Waals surface area contributed by atoms with Crippen molar-refractivity contribution in [2.45, 2.75) is 93.8 Å². The molecule has 1 saturated carbocycles.